The number of hydrogen-bond donors (Lipinski definition) is 1. The van der Waals surface area contributed by atoms with Crippen molar-refractivity contribution in [2.45, 2.75) is 38.1 Å². The van der Waals surface area contributed by atoms with Crippen molar-refractivity contribution in [3.63, 3.8) is 0 Å². The van der Waals surface area contributed by atoms with Crippen LogP contribution in [0.25, 0.3) is 0 Å². The molecule has 0 bridgehead atoms. The topological polar surface area (TPSA) is 155 Å². The van der Waals surface area contributed by atoms with E-state index >= 15 is 0 Å². The molecular formula is C17H23N3O9. The van der Waals surface area contributed by atoms with Crippen LogP contribution >= 0.6 is 0 Å². The number of benzene rings is 1. The minimum atomic E-state index is -2.14. The second kappa shape index (κ2) is 9.58. The zero-order chi connectivity index (χ0) is 21.6. The molecule has 1 aromatic rings. The molecule has 1 heterocycles. The van der Waals surface area contributed by atoms with E-state index in [9.17, 15) is 30.1 Å². The van der Waals surface area contributed by atoms with E-state index in [2.05, 4.69) is 0 Å². The van der Waals surface area contributed by atoms with Gasteiger partial charge in [-0.2, -0.15) is 0 Å². The molecule has 29 heavy (non-hydrogen) atoms. The van der Waals surface area contributed by atoms with Gasteiger partial charge < -0.3 is 24.2 Å². The molecule has 160 valence electrons. The van der Waals surface area contributed by atoms with Gasteiger partial charge in [0, 0.05) is 19.8 Å². The van der Waals surface area contributed by atoms with Gasteiger partial charge in [-0.15, -0.1) is 0 Å². The summed E-state index contributed by atoms with van der Waals surface area (Å²) in [6, 6.07) is 2.99. The Labute approximate surface area is 166 Å². The summed E-state index contributed by atoms with van der Waals surface area (Å²) in [5.74, 6) is -0.966. The first-order chi connectivity index (χ1) is 13.8. The van der Waals surface area contributed by atoms with Crippen molar-refractivity contribution >= 4 is 23.0 Å². The van der Waals surface area contributed by atoms with Gasteiger partial charge in [-0.05, 0) is 32.3 Å². The molecule has 1 aromatic carbocycles. The highest BCUT2D eigenvalue weighted by molar-refractivity contribution is 5.85. The van der Waals surface area contributed by atoms with Gasteiger partial charge >= 0.3 is 5.97 Å². The molecule has 0 spiro atoms. The van der Waals surface area contributed by atoms with Crippen LogP contribution in [0, 0.1) is 20.2 Å². The average molecular weight is 413 g/mol. The maximum atomic E-state index is 12.8. The Hall–Kier alpha value is -2.83. The van der Waals surface area contributed by atoms with E-state index in [0.29, 0.717) is 19.4 Å². The van der Waals surface area contributed by atoms with Gasteiger partial charge in [-0.3, -0.25) is 20.2 Å². The van der Waals surface area contributed by atoms with E-state index < -0.39 is 45.8 Å². The van der Waals surface area contributed by atoms with Gasteiger partial charge in [0.2, 0.25) is 0 Å². The lowest BCUT2D eigenvalue weighted by Gasteiger charge is -2.45. The first kappa shape index (κ1) is 22.5. The van der Waals surface area contributed by atoms with Gasteiger partial charge in [-0.25, -0.2) is 4.79 Å². The molecule has 1 fully saturated rings. The highest BCUT2D eigenvalue weighted by Gasteiger charge is 2.51. The third-order valence-electron chi connectivity index (χ3n) is 4.61. The quantitative estimate of drug-likeness (QED) is 0.274. The summed E-state index contributed by atoms with van der Waals surface area (Å²) in [4.78, 5) is 35.1. The van der Waals surface area contributed by atoms with Crippen LogP contribution in [-0.2, 0) is 19.0 Å². The van der Waals surface area contributed by atoms with Gasteiger partial charge in [0.25, 0.3) is 17.1 Å². The standard InChI is InChI=1S/C17H23N3O9/c1-3-28-16(22)17(11-21,27-2)18(15-6-4-5-9-29-15)13-8-7-12(19(23)24)10-14(13)20(25)26/h7-8,10,15,21H,3-6,9,11H2,1-2H3/t15?,17-/m1/s1. The first-order valence-electron chi connectivity index (χ1n) is 8.99. The van der Waals surface area contributed by atoms with E-state index in [1.165, 1.54) is 0 Å². The van der Waals surface area contributed by atoms with Gasteiger partial charge in [0.15, 0.2) is 0 Å². The van der Waals surface area contributed by atoms with Gasteiger partial charge in [0.05, 0.1) is 22.5 Å². The Balaban J connectivity index is 2.72. The zero-order valence-electron chi connectivity index (χ0n) is 16.1. The van der Waals surface area contributed by atoms with Crippen molar-refractivity contribution in [2.75, 3.05) is 31.8 Å². The summed E-state index contributed by atoms with van der Waals surface area (Å²) < 4.78 is 16.1. The van der Waals surface area contributed by atoms with E-state index in [1.807, 2.05) is 0 Å². The number of rotatable bonds is 9. The van der Waals surface area contributed by atoms with Crippen molar-refractivity contribution in [3.8, 4) is 0 Å². The number of non-ortho nitro benzene ring substituents is 1. The van der Waals surface area contributed by atoms with Crippen LogP contribution in [0.3, 0.4) is 0 Å². The number of carbonyl (C=O) groups excluding carboxylic acids is 1. The molecule has 0 saturated carbocycles. The van der Waals surface area contributed by atoms with Crippen LogP contribution in [0.2, 0.25) is 0 Å². The molecule has 1 unspecified atom stereocenters. The number of esters is 1. The number of hydrogen-bond acceptors (Lipinski definition) is 10. The minimum Gasteiger partial charge on any atom is -0.462 e. The largest absolute Gasteiger partial charge is 0.462 e. The highest BCUT2D eigenvalue weighted by Crippen LogP contribution is 2.40. The predicted molar refractivity (Wildman–Crippen MR) is 99.3 cm³/mol. The molecular weight excluding hydrogens is 390 g/mol. The summed E-state index contributed by atoms with van der Waals surface area (Å²) in [6.45, 7) is 0.976. The highest BCUT2D eigenvalue weighted by atomic mass is 16.6. The fourth-order valence-corrected chi connectivity index (χ4v) is 3.21. The zero-order valence-corrected chi connectivity index (χ0v) is 16.1. The van der Waals surface area contributed by atoms with Crippen LogP contribution in [-0.4, -0.2) is 59.8 Å². The lowest BCUT2D eigenvalue weighted by Crippen LogP contribution is -2.64. The second-order valence-corrected chi connectivity index (χ2v) is 6.25. The molecule has 0 radical (unpaired) electrons. The average Bonchev–Trinajstić information content (AvgIpc) is 2.72. The number of anilines is 1. The van der Waals surface area contributed by atoms with Crippen LogP contribution < -0.4 is 4.90 Å². The van der Waals surface area contributed by atoms with Crippen molar-refractivity contribution in [1.29, 1.82) is 0 Å². The molecule has 1 aliphatic rings. The first-order valence-corrected chi connectivity index (χ1v) is 8.99. The number of aliphatic hydroxyl groups is 1. The molecule has 0 amide bonds. The monoisotopic (exact) mass is 413 g/mol. The fraction of sp³-hybridized carbons (Fsp3) is 0.588. The third kappa shape index (κ3) is 4.44. The van der Waals surface area contributed by atoms with Gasteiger partial charge in [0.1, 0.15) is 18.5 Å². The van der Waals surface area contributed by atoms with Crippen molar-refractivity contribution in [3.05, 3.63) is 38.4 Å². The number of nitro groups is 2. The molecule has 12 heteroatoms. The third-order valence-corrected chi connectivity index (χ3v) is 4.61. The fourth-order valence-electron chi connectivity index (χ4n) is 3.21. The molecule has 0 aliphatic carbocycles. The number of nitro benzene ring substituents is 2. The molecule has 0 aromatic heterocycles. The summed E-state index contributed by atoms with van der Waals surface area (Å²) in [5, 5.41) is 32.9. The maximum absolute atomic E-state index is 12.8. The van der Waals surface area contributed by atoms with Crippen LogP contribution in [0.15, 0.2) is 18.2 Å². The SMILES string of the molecule is CCOC(=O)[C@@](CO)(OC)N(c1ccc([N+](=O)[O-])cc1[N+](=O)[O-])C1CCCCO1. The Morgan fingerprint density at radius 2 is 2.07 bits per heavy atom. The van der Waals surface area contributed by atoms with Crippen molar-refractivity contribution in [2.24, 2.45) is 0 Å². The van der Waals surface area contributed by atoms with Crippen molar-refractivity contribution in [1.82, 2.24) is 0 Å². The molecule has 1 saturated heterocycles. The number of nitrogens with zero attached hydrogens (tertiary/aromatic N) is 3. The van der Waals surface area contributed by atoms with Crippen LogP contribution in [0.4, 0.5) is 17.1 Å². The second-order valence-electron chi connectivity index (χ2n) is 6.25. The minimum absolute atomic E-state index is 0.0222. The molecule has 12 nitrogen and oxygen atoms in total. The number of aliphatic hydroxyl groups excluding tert-OH is 1. The Morgan fingerprint density at radius 3 is 2.55 bits per heavy atom. The van der Waals surface area contributed by atoms with Crippen LogP contribution in [0.1, 0.15) is 26.2 Å². The van der Waals surface area contributed by atoms with E-state index in [0.717, 1.165) is 36.6 Å². The summed E-state index contributed by atoms with van der Waals surface area (Å²) >= 11 is 0. The maximum Gasteiger partial charge on any atom is 0.362 e. The predicted octanol–water partition coefficient (Wildman–Crippen LogP) is 1.73. The van der Waals surface area contributed by atoms with Gasteiger partial charge in [-0.1, -0.05) is 0 Å². The summed E-state index contributed by atoms with van der Waals surface area (Å²) in [6.07, 6.45) is 0.986. The lowest BCUT2D eigenvalue weighted by atomic mass is 10.1. The van der Waals surface area contributed by atoms with Crippen LogP contribution in [0.5, 0.6) is 0 Å². The Morgan fingerprint density at radius 1 is 1.34 bits per heavy atom. The van der Waals surface area contributed by atoms with E-state index in [-0.39, 0.29) is 12.3 Å². The number of carbonyl (C=O) groups is 1. The number of ether oxygens (including phenoxy) is 3. The summed E-state index contributed by atoms with van der Waals surface area (Å²) in [5.41, 5.74) is -3.43. The smallest absolute Gasteiger partial charge is 0.362 e. The van der Waals surface area contributed by atoms with E-state index in [4.69, 9.17) is 14.2 Å². The normalized spacial score (nSPS) is 18.5. The van der Waals surface area contributed by atoms with Crippen molar-refractivity contribution < 1.29 is 34.0 Å². The molecule has 2 atom stereocenters. The molecule has 2 rings (SSSR count). The summed E-state index contributed by atoms with van der Waals surface area (Å²) in [7, 11) is 1.15. The number of methoxy groups -OCH3 is 1. The van der Waals surface area contributed by atoms with E-state index in [1.54, 1.807) is 6.92 Å². The Bertz CT molecular complexity index is 761. The molecule has 1 N–H and O–H groups in total. The lowest BCUT2D eigenvalue weighted by molar-refractivity contribution is -0.393. The Kier molecular flexibility index (Phi) is 7.42. The molecule has 1 aliphatic heterocycles.